The Balaban J connectivity index is 2.60. The standard InChI is InChI=1S/C12H16N2O4S/c1-2-8-13-12(16)14-11(15)9-19(17,18)10-6-4-3-5-7-10/h3-7H,2,8-9H2,1H3,(H2,13,14,15,16). The third-order valence-corrected chi connectivity index (χ3v) is 3.84. The number of amides is 3. The van der Waals surface area contributed by atoms with Crippen LogP contribution in [0.1, 0.15) is 13.3 Å². The van der Waals surface area contributed by atoms with Crippen molar-refractivity contribution in [1.82, 2.24) is 10.6 Å². The molecule has 3 amide bonds. The summed E-state index contributed by atoms with van der Waals surface area (Å²) in [6.07, 6.45) is 0.726. The number of urea groups is 1. The van der Waals surface area contributed by atoms with E-state index in [1.165, 1.54) is 12.1 Å². The fourth-order valence-corrected chi connectivity index (χ4v) is 2.49. The highest BCUT2D eigenvalue weighted by molar-refractivity contribution is 7.92. The molecule has 104 valence electrons. The minimum absolute atomic E-state index is 0.0547. The van der Waals surface area contributed by atoms with Gasteiger partial charge in [-0.25, -0.2) is 13.2 Å². The fraction of sp³-hybridized carbons (Fsp3) is 0.333. The SMILES string of the molecule is CCCNC(=O)NC(=O)CS(=O)(=O)c1ccccc1. The van der Waals surface area contributed by atoms with E-state index in [1.54, 1.807) is 18.2 Å². The second-order valence-corrected chi connectivity index (χ2v) is 5.87. The quantitative estimate of drug-likeness (QED) is 0.832. The van der Waals surface area contributed by atoms with Crippen molar-refractivity contribution in [2.75, 3.05) is 12.3 Å². The highest BCUT2D eigenvalue weighted by Crippen LogP contribution is 2.09. The first-order valence-corrected chi connectivity index (χ1v) is 7.46. The Bertz CT molecular complexity index is 540. The van der Waals surface area contributed by atoms with E-state index in [2.05, 4.69) is 5.32 Å². The monoisotopic (exact) mass is 284 g/mol. The molecule has 0 saturated carbocycles. The van der Waals surface area contributed by atoms with Crippen molar-refractivity contribution in [2.45, 2.75) is 18.2 Å². The van der Waals surface area contributed by atoms with Crippen molar-refractivity contribution in [3.05, 3.63) is 30.3 Å². The van der Waals surface area contributed by atoms with Gasteiger partial charge in [-0.3, -0.25) is 10.1 Å². The van der Waals surface area contributed by atoms with Gasteiger partial charge in [-0.1, -0.05) is 25.1 Å². The molecule has 0 aliphatic heterocycles. The number of carbonyl (C=O) groups excluding carboxylic acids is 2. The summed E-state index contributed by atoms with van der Waals surface area (Å²) in [5.74, 6) is -1.60. The number of hydrogen-bond acceptors (Lipinski definition) is 4. The first-order valence-electron chi connectivity index (χ1n) is 5.81. The van der Waals surface area contributed by atoms with Gasteiger partial charge in [-0.2, -0.15) is 0 Å². The van der Waals surface area contributed by atoms with Crippen molar-refractivity contribution in [1.29, 1.82) is 0 Å². The van der Waals surface area contributed by atoms with Crippen LogP contribution in [0.25, 0.3) is 0 Å². The predicted molar refractivity (Wildman–Crippen MR) is 70.3 cm³/mol. The number of rotatable bonds is 5. The van der Waals surface area contributed by atoms with Crippen LogP contribution >= 0.6 is 0 Å². The summed E-state index contributed by atoms with van der Waals surface area (Å²) in [5.41, 5.74) is 0. The number of nitrogens with one attached hydrogen (secondary N) is 2. The molecule has 0 spiro atoms. The lowest BCUT2D eigenvalue weighted by molar-refractivity contribution is -0.117. The zero-order valence-electron chi connectivity index (χ0n) is 10.5. The molecule has 0 heterocycles. The molecular weight excluding hydrogens is 268 g/mol. The van der Waals surface area contributed by atoms with Crippen LogP contribution in [0, 0.1) is 0 Å². The first-order chi connectivity index (χ1) is 8.95. The Morgan fingerprint density at radius 1 is 1.16 bits per heavy atom. The Morgan fingerprint density at radius 3 is 2.37 bits per heavy atom. The first kappa shape index (κ1) is 15.2. The summed E-state index contributed by atoms with van der Waals surface area (Å²) in [7, 11) is -3.72. The molecule has 0 aromatic heterocycles. The summed E-state index contributed by atoms with van der Waals surface area (Å²) in [6, 6.07) is 6.93. The minimum Gasteiger partial charge on any atom is -0.338 e. The molecule has 0 atom stereocenters. The number of sulfone groups is 1. The molecule has 0 radical (unpaired) electrons. The Kier molecular flexibility index (Phi) is 5.50. The number of imide groups is 1. The summed E-state index contributed by atoms with van der Waals surface area (Å²) in [6.45, 7) is 2.28. The summed E-state index contributed by atoms with van der Waals surface area (Å²) in [4.78, 5) is 22.7. The normalized spacial score (nSPS) is 10.8. The molecule has 0 unspecified atom stereocenters. The van der Waals surface area contributed by atoms with Crippen LogP contribution < -0.4 is 10.6 Å². The van der Waals surface area contributed by atoms with Gasteiger partial charge in [-0.05, 0) is 18.6 Å². The van der Waals surface area contributed by atoms with Crippen molar-refractivity contribution >= 4 is 21.8 Å². The van der Waals surface area contributed by atoms with Gasteiger partial charge in [0, 0.05) is 6.54 Å². The van der Waals surface area contributed by atoms with Crippen LogP contribution in [-0.2, 0) is 14.6 Å². The zero-order valence-corrected chi connectivity index (χ0v) is 11.4. The van der Waals surface area contributed by atoms with Crippen LogP contribution in [0.5, 0.6) is 0 Å². The van der Waals surface area contributed by atoms with Crippen molar-refractivity contribution < 1.29 is 18.0 Å². The molecule has 0 bridgehead atoms. The molecule has 19 heavy (non-hydrogen) atoms. The van der Waals surface area contributed by atoms with Gasteiger partial charge in [0.05, 0.1) is 4.90 Å². The van der Waals surface area contributed by atoms with Crippen molar-refractivity contribution in [3.63, 3.8) is 0 Å². The molecule has 7 heteroatoms. The van der Waals surface area contributed by atoms with Gasteiger partial charge in [0.1, 0.15) is 5.75 Å². The molecule has 6 nitrogen and oxygen atoms in total. The molecule has 0 aliphatic rings. The molecular formula is C12H16N2O4S. The topological polar surface area (TPSA) is 92.3 Å². The number of hydrogen-bond donors (Lipinski definition) is 2. The molecule has 0 saturated heterocycles. The number of benzene rings is 1. The zero-order chi connectivity index (χ0) is 14.3. The Labute approximate surface area is 112 Å². The molecule has 0 fully saturated rings. The molecule has 1 aromatic rings. The Hall–Kier alpha value is -1.89. The molecule has 1 rings (SSSR count). The van der Waals surface area contributed by atoms with E-state index in [0.717, 1.165) is 6.42 Å². The minimum atomic E-state index is -3.72. The highest BCUT2D eigenvalue weighted by atomic mass is 32.2. The third kappa shape index (κ3) is 5.09. The van der Waals surface area contributed by atoms with Crippen LogP contribution in [0.2, 0.25) is 0 Å². The average Bonchev–Trinajstić information content (AvgIpc) is 2.36. The van der Waals surface area contributed by atoms with Crippen LogP contribution in [0.3, 0.4) is 0 Å². The summed E-state index contributed by atoms with van der Waals surface area (Å²) in [5, 5.41) is 4.40. The maximum absolute atomic E-state index is 11.8. The molecule has 2 N–H and O–H groups in total. The fourth-order valence-electron chi connectivity index (χ4n) is 1.33. The van der Waals surface area contributed by atoms with Crippen LogP contribution in [0.15, 0.2) is 35.2 Å². The molecule has 0 aliphatic carbocycles. The van der Waals surface area contributed by atoms with E-state index in [4.69, 9.17) is 0 Å². The van der Waals surface area contributed by atoms with E-state index in [-0.39, 0.29) is 4.90 Å². The molecule has 1 aromatic carbocycles. The van der Waals surface area contributed by atoms with Gasteiger partial charge in [-0.15, -0.1) is 0 Å². The third-order valence-electron chi connectivity index (χ3n) is 2.21. The van der Waals surface area contributed by atoms with Crippen LogP contribution in [0.4, 0.5) is 4.79 Å². The van der Waals surface area contributed by atoms with Gasteiger partial charge >= 0.3 is 6.03 Å². The number of carbonyl (C=O) groups is 2. The summed E-state index contributed by atoms with van der Waals surface area (Å²) >= 11 is 0. The average molecular weight is 284 g/mol. The largest absolute Gasteiger partial charge is 0.338 e. The van der Waals surface area contributed by atoms with E-state index < -0.39 is 27.5 Å². The highest BCUT2D eigenvalue weighted by Gasteiger charge is 2.20. The van der Waals surface area contributed by atoms with Crippen molar-refractivity contribution in [3.8, 4) is 0 Å². The van der Waals surface area contributed by atoms with E-state index >= 15 is 0 Å². The lowest BCUT2D eigenvalue weighted by Crippen LogP contribution is -2.42. The Morgan fingerprint density at radius 2 is 1.79 bits per heavy atom. The smallest absolute Gasteiger partial charge is 0.321 e. The van der Waals surface area contributed by atoms with Crippen LogP contribution in [-0.4, -0.2) is 32.7 Å². The lowest BCUT2D eigenvalue weighted by Gasteiger charge is -2.06. The summed E-state index contributed by atoms with van der Waals surface area (Å²) < 4.78 is 23.7. The maximum atomic E-state index is 11.8. The second kappa shape index (κ2) is 6.89. The van der Waals surface area contributed by atoms with Gasteiger partial charge in [0.15, 0.2) is 9.84 Å². The van der Waals surface area contributed by atoms with E-state index in [1.807, 2.05) is 12.2 Å². The van der Waals surface area contributed by atoms with Gasteiger partial charge in [0.2, 0.25) is 5.91 Å². The van der Waals surface area contributed by atoms with Gasteiger partial charge < -0.3 is 5.32 Å². The van der Waals surface area contributed by atoms with Crippen molar-refractivity contribution in [2.24, 2.45) is 0 Å². The lowest BCUT2D eigenvalue weighted by atomic mass is 10.4. The second-order valence-electron chi connectivity index (χ2n) is 3.88. The predicted octanol–water partition coefficient (Wildman–Crippen LogP) is 0.696. The maximum Gasteiger partial charge on any atom is 0.321 e. The van der Waals surface area contributed by atoms with Gasteiger partial charge in [0.25, 0.3) is 0 Å². The van der Waals surface area contributed by atoms with E-state index in [9.17, 15) is 18.0 Å². The van der Waals surface area contributed by atoms with E-state index in [0.29, 0.717) is 6.54 Å².